The van der Waals surface area contributed by atoms with E-state index in [0.29, 0.717) is 35.5 Å². The highest BCUT2D eigenvalue weighted by Crippen LogP contribution is 2.28. The molecule has 0 aliphatic carbocycles. The minimum absolute atomic E-state index is 0.00224. The number of carbonyl (C=O) groups excluding carboxylic acids is 1. The van der Waals surface area contributed by atoms with Crippen molar-refractivity contribution in [1.82, 2.24) is 15.9 Å². The lowest BCUT2D eigenvalue weighted by atomic mass is 9.85. The van der Waals surface area contributed by atoms with E-state index in [9.17, 15) is 4.79 Å². The molecule has 0 bridgehead atoms. The van der Waals surface area contributed by atoms with Crippen molar-refractivity contribution in [2.75, 3.05) is 33.4 Å². The first-order valence-corrected chi connectivity index (χ1v) is 11.3. The summed E-state index contributed by atoms with van der Waals surface area (Å²) in [7, 11) is 1.62. The van der Waals surface area contributed by atoms with Gasteiger partial charge in [-0.2, -0.15) is 5.01 Å². The van der Waals surface area contributed by atoms with Gasteiger partial charge in [-0.1, -0.05) is 27.4 Å². The third-order valence-corrected chi connectivity index (χ3v) is 5.36. The van der Waals surface area contributed by atoms with Crippen LogP contribution in [0.3, 0.4) is 0 Å². The number of benzene rings is 1. The number of guanidine groups is 1. The first kappa shape index (κ1) is 27.1. The number of hydrazine groups is 1. The van der Waals surface area contributed by atoms with E-state index in [0.717, 1.165) is 16.7 Å². The highest BCUT2D eigenvalue weighted by Gasteiger charge is 2.25. The Bertz CT molecular complexity index is 1010. The maximum absolute atomic E-state index is 13.0. The Morgan fingerprint density at radius 2 is 1.91 bits per heavy atom. The number of aliphatic hydroxyl groups excluding tert-OH is 1. The van der Waals surface area contributed by atoms with E-state index in [1.807, 2.05) is 32.9 Å². The number of aliphatic imine (C=N–C) groups is 1. The summed E-state index contributed by atoms with van der Waals surface area (Å²) >= 11 is 0. The largest absolute Gasteiger partial charge is 0.491 e. The van der Waals surface area contributed by atoms with Crippen molar-refractivity contribution < 1.29 is 19.4 Å². The number of rotatable bonds is 8. The van der Waals surface area contributed by atoms with Crippen LogP contribution in [0.15, 0.2) is 51.7 Å². The molecule has 2 rings (SSSR count). The molecular weight excluding hydrogens is 434 g/mol. The maximum atomic E-state index is 13.0. The van der Waals surface area contributed by atoms with Gasteiger partial charge in [-0.05, 0) is 55.5 Å². The zero-order chi connectivity index (χ0) is 25.5. The van der Waals surface area contributed by atoms with Crippen LogP contribution >= 0.6 is 0 Å². The first-order chi connectivity index (χ1) is 16.0. The normalized spacial score (nSPS) is 14.8. The van der Waals surface area contributed by atoms with E-state index >= 15 is 0 Å². The van der Waals surface area contributed by atoms with Crippen molar-refractivity contribution in [3.05, 3.63) is 52.7 Å². The summed E-state index contributed by atoms with van der Waals surface area (Å²) in [5.41, 5.74) is 9.70. The van der Waals surface area contributed by atoms with Gasteiger partial charge in [-0.25, -0.2) is 5.43 Å². The lowest BCUT2D eigenvalue weighted by molar-refractivity contribution is 0.0988. The SMILES string of the molecule is C=C1C(C)=C(C)C(OCC)=NN1C(=NC)NNCC(=O)c1cc(OCCO)cc(C(C)(C)C)c1. The van der Waals surface area contributed by atoms with Gasteiger partial charge in [0.1, 0.15) is 12.4 Å². The number of ether oxygens (including phenoxy) is 2. The standard InChI is InChI=1S/C25H37N5O4/c1-9-33-23-17(3)16(2)18(4)30(29-23)24(26-8)28-27-15-22(32)19-12-20(25(5,6)7)14-21(13-19)34-11-10-31/h12-14,27,31H,4,9-11,15H2,1-3,5-8H3,(H,26,28). The molecule has 0 saturated heterocycles. The molecule has 0 unspecified atom stereocenters. The van der Waals surface area contributed by atoms with Crippen LogP contribution in [0.25, 0.3) is 0 Å². The van der Waals surface area contributed by atoms with E-state index in [4.69, 9.17) is 14.6 Å². The molecule has 1 aliphatic rings. The molecule has 186 valence electrons. The molecule has 34 heavy (non-hydrogen) atoms. The van der Waals surface area contributed by atoms with Crippen LogP contribution in [0.4, 0.5) is 0 Å². The topological polar surface area (TPSA) is 108 Å². The Balaban J connectivity index is 2.13. The smallest absolute Gasteiger partial charge is 0.235 e. The number of hydrazone groups is 1. The van der Waals surface area contributed by atoms with E-state index in [1.54, 1.807) is 18.1 Å². The molecule has 3 N–H and O–H groups in total. The maximum Gasteiger partial charge on any atom is 0.235 e. The number of allylic oxidation sites excluding steroid dienone is 1. The fourth-order valence-corrected chi connectivity index (χ4v) is 3.16. The molecule has 0 amide bonds. The van der Waals surface area contributed by atoms with Crippen LogP contribution in [-0.2, 0) is 10.2 Å². The zero-order valence-corrected chi connectivity index (χ0v) is 21.3. The molecule has 0 atom stereocenters. The summed E-state index contributed by atoms with van der Waals surface area (Å²) in [6, 6.07) is 5.45. The minimum atomic E-state index is -0.171. The predicted octanol–water partition coefficient (Wildman–Crippen LogP) is 3.13. The second kappa shape index (κ2) is 11.8. The van der Waals surface area contributed by atoms with E-state index < -0.39 is 0 Å². The molecule has 0 aromatic heterocycles. The van der Waals surface area contributed by atoms with Crippen molar-refractivity contribution in [3.63, 3.8) is 0 Å². The molecule has 9 nitrogen and oxygen atoms in total. The summed E-state index contributed by atoms with van der Waals surface area (Å²) < 4.78 is 11.2. The van der Waals surface area contributed by atoms with Gasteiger partial charge in [0.25, 0.3) is 0 Å². The number of ketones is 1. The summed E-state index contributed by atoms with van der Waals surface area (Å²) in [6.07, 6.45) is 0. The molecule has 1 heterocycles. The first-order valence-electron chi connectivity index (χ1n) is 11.3. The van der Waals surface area contributed by atoms with Gasteiger partial charge >= 0.3 is 0 Å². The summed E-state index contributed by atoms with van der Waals surface area (Å²) in [4.78, 5) is 17.2. The van der Waals surface area contributed by atoms with Gasteiger partial charge < -0.3 is 14.6 Å². The molecule has 9 heteroatoms. The van der Waals surface area contributed by atoms with E-state index in [2.05, 4.69) is 48.3 Å². The lowest BCUT2D eigenvalue weighted by Gasteiger charge is -2.29. The van der Waals surface area contributed by atoms with E-state index in [-0.39, 0.29) is 31.0 Å². The number of carbonyl (C=O) groups is 1. The van der Waals surface area contributed by atoms with Gasteiger partial charge in [0.2, 0.25) is 11.9 Å². The second-order valence-corrected chi connectivity index (χ2v) is 8.86. The molecule has 1 aromatic rings. The highest BCUT2D eigenvalue weighted by molar-refractivity contribution is 5.99. The number of nitrogens with zero attached hydrogens (tertiary/aromatic N) is 3. The molecule has 1 aromatic carbocycles. The summed E-state index contributed by atoms with van der Waals surface area (Å²) in [6.45, 7) is 16.6. The highest BCUT2D eigenvalue weighted by atomic mass is 16.5. The summed E-state index contributed by atoms with van der Waals surface area (Å²) in [5.74, 6) is 1.29. The predicted molar refractivity (Wildman–Crippen MR) is 135 cm³/mol. The van der Waals surface area contributed by atoms with Crippen LogP contribution in [0.1, 0.15) is 57.5 Å². The average molecular weight is 472 g/mol. The van der Waals surface area contributed by atoms with Gasteiger partial charge in [-0.3, -0.25) is 15.2 Å². The average Bonchev–Trinajstić information content (AvgIpc) is 2.80. The van der Waals surface area contributed by atoms with Crippen molar-refractivity contribution in [2.24, 2.45) is 10.1 Å². The summed E-state index contributed by atoms with van der Waals surface area (Å²) in [5, 5.41) is 15.1. The Hall–Kier alpha value is -3.17. The Labute approximate surface area is 202 Å². The Morgan fingerprint density at radius 3 is 2.50 bits per heavy atom. The van der Waals surface area contributed by atoms with Crippen molar-refractivity contribution in [2.45, 2.75) is 47.0 Å². The van der Waals surface area contributed by atoms with Gasteiger partial charge in [0.05, 0.1) is 25.5 Å². The quantitative estimate of drug-likeness (QED) is 0.231. The van der Waals surface area contributed by atoms with Gasteiger partial charge in [0.15, 0.2) is 5.78 Å². The molecule has 1 aliphatic heterocycles. The number of nitrogens with one attached hydrogen (secondary N) is 2. The number of hydrogen-bond donors (Lipinski definition) is 3. The van der Waals surface area contributed by atoms with E-state index in [1.165, 1.54) is 0 Å². The van der Waals surface area contributed by atoms with Gasteiger partial charge in [0, 0.05) is 18.2 Å². The molecular formula is C25H37N5O4. The molecule has 0 spiro atoms. The van der Waals surface area contributed by atoms with Crippen LogP contribution in [-0.4, -0.2) is 61.2 Å². The third-order valence-electron chi connectivity index (χ3n) is 5.36. The Kier molecular flexibility index (Phi) is 9.40. The van der Waals surface area contributed by atoms with Crippen LogP contribution in [0, 0.1) is 0 Å². The van der Waals surface area contributed by atoms with Crippen LogP contribution in [0.5, 0.6) is 5.75 Å². The van der Waals surface area contributed by atoms with Crippen molar-refractivity contribution in [3.8, 4) is 5.75 Å². The van der Waals surface area contributed by atoms with Crippen molar-refractivity contribution in [1.29, 1.82) is 0 Å². The minimum Gasteiger partial charge on any atom is -0.491 e. The van der Waals surface area contributed by atoms with Crippen molar-refractivity contribution >= 4 is 17.6 Å². The molecule has 0 fully saturated rings. The Morgan fingerprint density at radius 1 is 1.21 bits per heavy atom. The monoisotopic (exact) mass is 471 g/mol. The van der Waals surface area contributed by atoms with Crippen LogP contribution in [0.2, 0.25) is 0 Å². The molecule has 0 radical (unpaired) electrons. The fraction of sp³-hybridized carbons (Fsp3) is 0.480. The lowest BCUT2D eigenvalue weighted by Crippen LogP contribution is -2.48. The molecule has 0 saturated carbocycles. The third kappa shape index (κ3) is 6.68. The van der Waals surface area contributed by atoms with Gasteiger partial charge in [-0.15, -0.1) is 5.10 Å². The number of Topliss-reactive ketones (excluding diaryl/α,β-unsaturated/α-hetero) is 1. The zero-order valence-electron chi connectivity index (χ0n) is 21.3. The number of hydrogen-bond acceptors (Lipinski definition) is 7. The number of aliphatic hydroxyl groups is 1. The fourth-order valence-electron chi connectivity index (χ4n) is 3.16. The van der Waals surface area contributed by atoms with Crippen LogP contribution < -0.4 is 15.6 Å². The second-order valence-electron chi connectivity index (χ2n) is 8.86.